The SMILES string of the molecule is O=[N+]([O-])c1ccc(N=CNc2ccc(Cl)cc2)cc1. The Labute approximate surface area is 114 Å². The average Bonchev–Trinajstić information content (AvgIpc) is 2.41. The minimum Gasteiger partial charge on any atom is -0.346 e. The zero-order valence-electron chi connectivity index (χ0n) is 9.79. The highest BCUT2D eigenvalue weighted by Gasteiger charge is 2.02. The highest BCUT2D eigenvalue weighted by molar-refractivity contribution is 6.30. The number of benzene rings is 2. The van der Waals surface area contributed by atoms with Crippen LogP contribution in [0.15, 0.2) is 53.5 Å². The molecule has 0 fully saturated rings. The van der Waals surface area contributed by atoms with Gasteiger partial charge in [-0.05, 0) is 36.4 Å². The number of non-ortho nitro benzene ring substituents is 1. The van der Waals surface area contributed by atoms with Gasteiger partial charge in [0.05, 0.1) is 16.9 Å². The van der Waals surface area contributed by atoms with Crippen molar-refractivity contribution in [2.45, 2.75) is 0 Å². The van der Waals surface area contributed by atoms with Crippen molar-refractivity contribution in [2.24, 2.45) is 4.99 Å². The minimum absolute atomic E-state index is 0.0459. The average molecular weight is 276 g/mol. The van der Waals surface area contributed by atoms with Crippen LogP contribution in [0.25, 0.3) is 0 Å². The lowest BCUT2D eigenvalue weighted by Gasteiger charge is -1.99. The topological polar surface area (TPSA) is 67.5 Å². The summed E-state index contributed by atoms with van der Waals surface area (Å²) < 4.78 is 0. The number of halogens is 1. The molecule has 6 heteroatoms. The third-order valence-corrected chi connectivity index (χ3v) is 2.60. The quantitative estimate of drug-likeness (QED) is 0.396. The van der Waals surface area contributed by atoms with Gasteiger partial charge >= 0.3 is 0 Å². The molecule has 5 nitrogen and oxygen atoms in total. The van der Waals surface area contributed by atoms with Crippen LogP contribution in [0.2, 0.25) is 5.02 Å². The van der Waals surface area contributed by atoms with Crippen LogP contribution in [0.5, 0.6) is 0 Å². The molecule has 1 N–H and O–H groups in total. The molecule has 0 heterocycles. The van der Waals surface area contributed by atoms with Crippen molar-refractivity contribution in [3.8, 4) is 0 Å². The van der Waals surface area contributed by atoms with Crippen molar-refractivity contribution in [1.82, 2.24) is 0 Å². The van der Waals surface area contributed by atoms with Crippen LogP contribution < -0.4 is 5.32 Å². The highest BCUT2D eigenvalue weighted by Crippen LogP contribution is 2.17. The van der Waals surface area contributed by atoms with E-state index in [0.29, 0.717) is 10.7 Å². The summed E-state index contributed by atoms with van der Waals surface area (Å²) in [7, 11) is 0. The Morgan fingerprint density at radius 3 is 2.32 bits per heavy atom. The first-order valence-electron chi connectivity index (χ1n) is 5.44. The van der Waals surface area contributed by atoms with Crippen molar-refractivity contribution in [3.05, 3.63) is 63.7 Å². The van der Waals surface area contributed by atoms with E-state index in [2.05, 4.69) is 10.3 Å². The number of nitrogens with one attached hydrogen (secondary N) is 1. The third-order valence-electron chi connectivity index (χ3n) is 2.35. The van der Waals surface area contributed by atoms with E-state index in [1.54, 1.807) is 24.3 Å². The fourth-order valence-corrected chi connectivity index (χ4v) is 1.51. The van der Waals surface area contributed by atoms with Crippen LogP contribution in [0.3, 0.4) is 0 Å². The maximum Gasteiger partial charge on any atom is 0.269 e. The largest absolute Gasteiger partial charge is 0.346 e. The molecule has 0 saturated heterocycles. The molecule has 96 valence electrons. The first-order valence-corrected chi connectivity index (χ1v) is 5.82. The van der Waals surface area contributed by atoms with Crippen molar-refractivity contribution >= 4 is 35.0 Å². The molecule has 0 aliphatic rings. The van der Waals surface area contributed by atoms with Gasteiger partial charge in [-0.3, -0.25) is 10.1 Å². The molecular weight excluding hydrogens is 266 g/mol. The van der Waals surface area contributed by atoms with Gasteiger partial charge in [-0.2, -0.15) is 0 Å². The van der Waals surface area contributed by atoms with Gasteiger partial charge < -0.3 is 5.32 Å². The number of nitro benzene ring substituents is 1. The van der Waals surface area contributed by atoms with E-state index in [4.69, 9.17) is 11.6 Å². The molecule has 0 aliphatic carbocycles. The molecule has 0 bridgehead atoms. The summed E-state index contributed by atoms with van der Waals surface area (Å²) >= 11 is 5.77. The fourth-order valence-electron chi connectivity index (χ4n) is 1.39. The molecule has 19 heavy (non-hydrogen) atoms. The van der Waals surface area contributed by atoms with Gasteiger partial charge in [0.1, 0.15) is 0 Å². The van der Waals surface area contributed by atoms with Gasteiger partial charge in [0.25, 0.3) is 5.69 Å². The van der Waals surface area contributed by atoms with Gasteiger partial charge in [0.2, 0.25) is 0 Å². The zero-order valence-corrected chi connectivity index (χ0v) is 10.5. The summed E-state index contributed by atoms with van der Waals surface area (Å²) in [6, 6.07) is 13.2. The van der Waals surface area contributed by atoms with Gasteiger partial charge in [0, 0.05) is 22.8 Å². The number of nitro groups is 1. The normalized spacial score (nSPS) is 10.6. The smallest absolute Gasteiger partial charge is 0.269 e. The number of hydrogen-bond acceptors (Lipinski definition) is 3. The first kappa shape index (κ1) is 13.0. The second kappa shape index (κ2) is 5.97. The van der Waals surface area contributed by atoms with Crippen LogP contribution in [-0.2, 0) is 0 Å². The molecule has 2 rings (SSSR count). The van der Waals surface area contributed by atoms with Gasteiger partial charge in [0.15, 0.2) is 0 Å². The number of nitrogens with zero attached hydrogens (tertiary/aromatic N) is 2. The molecule has 0 unspecified atom stereocenters. The lowest BCUT2D eigenvalue weighted by Crippen LogP contribution is -1.93. The lowest BCUT2D eigenvalue weighted by atomic mass is 10.3. The molecule has 0 radical (unpaired) electrons. The van der Waals surface area contributed by atoms with Crippen LogP contribution in [0.1, 0.15) is 0 Å². The van der Waals surface area contributed by atoms with E-state index in [9.17, 15) is 10.1 Å². The Balaban J connectivity index is 1.98. The summed E-state index contributed by atoms with van der Waals surface area (Å²) in [6.07, 6.45) is 1.52. The van der Waals surface area contributed by atoms with E-state index in [-0.39, 0.29) is 5.69 Å². The number of anilines is 1. The monoisotopic (exact) mass is 275 g/mol. The van der Waals surface area contributed by atoms with E-state index in [1.165, 1.54) is 18.5 Å². The second-order valence-electron chi connectivity index (χ2n) is 3.68. The molecular formula is C13H10ClN3O2. The molecule has 0 atom stereocenters. The molecule has 0 aliphatic heterocycles. The minimum atomic E-state index is -0.445. The number of rotatable bonds is 4. The highest BCUT2D eigenvalue weighted by atomic mass is 35.5. The van der Waals surface area contributed by atoms with Crippen molar-refractivity contribution in [3.63, 3.8) is 0 Å². The summed E-state index contributed by atoms with van der Waals surface area (Å²) in [5.74, 6) is 0. The Morgan fingerprint density at radius 1 is 1.11 bits per heavy atom. The van der Waals surface area contributed by atoms with Crippen molar-refractivity contribution < 1.29 is 4.92 Å². The van der Waals surface area contributed by atoms with Crippen LogP contribution >= 0.6 is 11.6 Å². The van der Waals surface area contributed by atoms with Gasteiger partial charge in [-0.1, -0.05) is 11.6 Å². The Kier molecular flexibility index (Phi) is 4.10. The first-order chi connectivity index (χ1) is 9.15. The van der Waals surface area contributed by atoms with Crippen LogP contribution in [-0.4, -0.2) is 11.3 Å². The second-order valence-corrected chi connectivity index (χ2v) is 4.12. The standard InChI is InChI=1S/C13H10ClN3O2/c14-10-1-3-11(4-2-10)15-9-16-12-5-7-13(8-6-12)17(18)19/h1-9H,(H,15,16). The summed E-state index contributed by atoms with van der Waals surface area (Å²) in [5.41, 5.74) is 1.53. The van der Waals surface area contributed by atoms with Crippen LogP contribution in [0, 0.1) is 10.1 Å². The summed E-state index contributed by atoms with van der Waals surface area (Å²) in [5, 5.41) is 14.1. The van der Waals surface area contributed by atoms with E-state index in [0.717, 1.165) is 5.69 Å². The lowest BCUT2D eigenvalue weighted by molar-refractivity contribution is -0.384. The zero-order chi connectivity index (χ0) is 13.7. The van der Waals surface area contributed by atoms with Crippen molar-refractivity contribution in [2.75, 3.05) is 5.32 Å². The van der Waals surface area contributed by atoms with Gasteiger partial charge in [-0.25, -0.2) is 4.99 Å². The van der Waals surface area contributed by atoms with E-state index in [1.807, 2.05) is 12.1 Å². The molecule has 0 saturated carbocycles. The van der Waals surface area contributed by atoms with Crippen LogP contribution in [0.4, 0.5) is 17.1 Å². The molecule has 0 spiro atoms. The van der Waals surface area contributed by atoms with Gasteiger partial charge in [-0.15, -0.1) is 0 Å². The predicted octanol–water partition coefficient (Wildman–Crippen LogP) is 4.02. The Bertz CT molecular complexity index is 594. The molecule has 0 amide bonds. The van der Waals surface area contributed by atoms with E-state index >= 15 is 0 Å². The fraction of sp³-hybridized carbons (Fsp3) is 0. The van der Waals surface area contributed by atoms with Crippen molar-refractivity contribution in [1.29, 1.82) is 0 Å². The molecule has 2 aromatic rings. The Morgan fingerprint density at radius 2 is 1.74 bits per heavy atom. The predicted molar refractivity (Wildman–Crippen MR) is 76.3 cm³/mol. The summed E-state index contributed by atoms with van der Waals surface area (Å²) in [6.45, 7) is 0. The molecule has 2 aromatic carbocycles. The number of aliphatic imine (C=N–C) groups is 1. The maximum atomic E-state index is 10.5. The Hall–Kier alpha value is -2.40. The number of hydrogen-bond donors (Lipinski definition) is 1. The third kappa shape index (κ3) is 3.79. The molecule has 0 aromatic heterocycles. The van der Waals surface area contributed by atoms with E-state index < -0.39 is 4.92 Å². The maximum absolute atomic E-state index is 10.5. The summed E-state index contributed by atoms with van der Waals surface area (Å²) in [4.78, 5) is 14.2.